The first kappa shape index (κ1) is 26.6. The van der Waals surface area contributed by atoms with Crippen LogP contribution in [0, 0.1) is 0 Å². The van der Waals surface area contributed by atoms with Gasteiger partial charge in [-0.25, -0.2) is 4.79 Å². The van der Waals surface area contributed by atoms with Crippen molar-refractivity contribution in [2.75, 3.05) is 5.32 Å². The number of carbonyl (C=O) groups is 3. The number of nitrogens with one attached hydrogen (secondary N) is 1. The number of alkyl halides is 1. The van der Waals surface area contributed by atoms with Crippen molar-refractivity contribution in [1.82, 2.24) is 0 Å². The van der Waals surface area contributed by atoms with E-state index in [4.69, 9.17) is 27.9 Å². The molecule has 1 amide bonds. The summed E-state index contributed by atoms with van der Waals surface area (Å²) >= 11 is 15.6. The molecule has 37 heavy (non-hydrogen) atoms. The minimum absolute atomic E-state index is 0.223. The van der Waals surface area contributed by atoms with Crippen LogP contribution in [-0.2, 0) is 4.74 Å². The van der Waals surface area contributed by atoms with E-state index in [1.54, 1.807) is 42.5 Å². The zero-order valence-corrected chi connectivity index (χ0v) is 22.3. The Morgan fingerprint density at radius 2 is 1.38 bits per heavy atom. The first-order valence-electron chi connectivity index (χ1n) is 11.2. The zero-order chi connectivity index (χ0) is 26.4. The number of ether oxygens (including phenoxy) is 1. The van der Waals surface area contributed by atoms with Gasteiger partial charge in [0.25, 0.3) is 5.91 Å². The number of Topliss-reactive ketones (excluding diaryl/α,β-unsaturated/α-hetero) is 1. The lowest BCUT2D eigenvalue weighted by atomic mass is 9.99. The van der Waals surface area contributed by atoms with Gasteiger partial charge in [-0.05, 0) is 48.0 Å². The smallest absolute Gasteiger partial charge is 0.338 e. The molecule has 5 nitrogen and oxygen atoms in total. The third-order valence-electron chi connectivity index (χ3n) is 5.49. The molecule has 0 fully saturated rings. The molecule has 0 bridgehead atoms. The average Bonchev–Trinajstić information content (AvgIpc) is 2.92. The molecule has 1 N–H and O–H groups in total. The summed E-state index contributed by atoms with van der Waals surface area (Å²) in [5, 5.41) is 3.37. The Morgan fingerprint density at radius 1 is 0.757 bits per heavy atom. The van der Waals surface area contributed by atoms with Crippen LogP contribution in [0.2, 0.25) is 10.0 Å². The highest BCUT2D eigenvalue weighted by Crippen LogP contribution is 2.31. The minimum Gasteiger partial charge on any atom is -0.449 e. The monoisotopic (exact) mass is 595 g/mol. The van der Waals surface area contributed by atoms with Gasteiger partial charge in [-0.1, -0.05) is 99.8 Å². The topological polar surface area (TPSA) is 72.5 Å². The van der Waals surface area contributed by atoms with E-state index in [0.717, 1.165) is 5.56 Å². The van der Waals surface area contributed by atoms with Gasteiger partial charge < -0.3 is 10.1 Å². The summed E-state index contributed by atoms with van der Waals surface area (Å²) in [5.74, 6) is -1.42. The van der Waals surface area contributed by atoms with Crippen LogP contribution in [0.3, 0.4) is 0 Å². The molecule has 0 heterocycles. The number of anilines is 1. The Kier molecular flexibility index (Phi) is 8.77. The Hall–Kier alpha value is -3.45. The molecule has 0 saturated heterocycles. The van der Waals surface area contributed by atoms with E-state index < -0.39 is 22.8 Å². The molecular formula is C29H20BrCl2NO4. The summed E-state index contributed by atoms with van der Waals surface area (Å²) < 4.78 is 5.73. The van der Waals surface area contributed by atoms with E-state index in [1.165, 1.54) is 24.3 Å². The highest BCUT2D eigenvalue weighted by Gasteiger charge is 2.32. The number of benzene rings is 4. The van der Waals surface area contributed by atoms with Crippen LogP contribution in [0.15, 0.2) is 103 Å². The van der Waals surface area contributed by atoms with Gasteiger partial charge in [-0.3, -0.25) is 9.59 Å². The molecule has 0 spiro atoms. The molecule has 0 aliphatic carbocycles. The number of amides is 1. The van der Waals surface area contributed by atoms with Gasteiger partial charge >= 0.3 is 5.97 Å². The van der Waals surface area contributed by atoms with Crippen LogP contribution >= 0.6 is 39.1 Å². The summed E-state index contributed by atoms with van der Waals surface area (Å²) in [6, 6.07) is 28.7. The molecule has 4 aromatic rings. The van der Waals surface area contributed by atoms with E-state index >= 15 is 0 Å². The predicted octanol–water partition coefficient (Wildman–Crippen LogP) is 7.79. The molecule has 8 heteroatoms. The van der Waals surface area contributed by atoms with Gasteiger partial charge in [0.2, 0.25) is 5.78 Å². The van der Waals surface area contributed by atoms with Crippen molar-refractivity contribution >= 4 is 62.5 Å². The molecule has 0 radical (unpaired) electrons. The molecule has 4 rings (SSSR count). The third-order valence-corrected chi connectivity index (χ3v) is 7.05. The Balaban J connectivity index is 1.51. The van der Waals surface area contributed by atoms with Crippen molar-refractivity contribution in [3.63, 3.8) is 0 Å². The van der Waals surface area contributed by atoms with Gasteiger partial charge in [0.1, 0.15) is 0 Å². The lowest BCUT2D eigenvalue weighted by Gasteiger charge is -2.22. The number of esters is 1. The van der Waals surface area contributed by atoms with Crippen LogP contribution in [0.4, 0.5) is 5.69 Å². The predicted molar refractivity (Wildman–Crippen MR) is 149 cm³/mol. The molecule has 2 atom stereocenters. The fourth-order valence-corrected chi connectivity index (χ4v) is 4.72. The second-order valence-electron chi connectivity index (χ2n) is 8.02. The first-order valence-corrected chi connectivity index (χ1v) is 12.9. The standard InChI is InChI=1S/C29H20BrCl2NO4/c30-25(18-7-3-1-4-8-18)27(26(34)19-9-5-2-6-10-19)37-29(36)20-11-14-22(15-12-20)33-28(35)23-16-13-21(31)17-24(23)32/h1-17,25,27H,(H,33,35)/t25-,27+/m0/s1. The van der Waals surface area contributed by atoms with E-state index in [2.05, 4.69) is 21.2 Å². The summed E-state index contributed by atoms with van der Waals surface area (Å²) in [6.07, 6.45) is -1.11. The summed E-state index contributed by atoms with van der Waals surface area (Å²) in [6.45, 7) is 0. The van der Waals surface area contributed by atoms with Crippen molar-refractivity contribution in [3.05, 3.63) is 135 Å². The van der Waals surface area contributed by atoms with Crippen molar-refractivity contribution in [3.8, 4) is 0 Å². The molecule has 0 unspecified atom stereocenters. The molecule has 0 aliphatic rings. The highest BCUT2D eigenvalue weighted by molar-refractivity contribution is 9.09. The maximum Gasteiger partial charge on any atom is 0.338 e. The number of carbonyl (C=O) groups excluding carboxylic acids is 3. The Bertz CT molecular complexity index is 1410. The Morgan fingerprint density at radius 3 is 2.00 bits per heavy atom. The van der Waals surface area contributed by atoms with Crippen LogP contribution in [0.5, 0.6) is 0 Å². The largest absolute Gasteiger partial charge is 0.449 e. The van der Waals surface area contributed by atoms with Gasteiger partial charge in [0.15, 0.2) is 6.10 Å². The maximum absolute atomic E-state index is 13.3. The van der Waals surface area contributed by atoms with E-state index in [-0.39, 0.29) is 21.9 Å². The van der Waals surface area contributed by atoms with E-state index in [9.17, 15) is 14.4 Å². The van der Waals surface area contributed by atoms with E-state index in [0.29, 0.717) is 16.3 Å². The quantitative estimate of drug-likeness (QED) is 0.128. The SMILES string of the molecule is O=C(O[C@@H](C(=O)c1ccccc1)[C@@H](Br)c1ccccc1)c1ccc(NC(=O)c2ccc(Cl)cc2Cl)cc1. The normalized spacial score (nSPS) is 12.3. The minimum atomic E-state index is -1.11. The molecule has 4 aromatic carbocycles. The summed E-state index contributed by atoms with van der Waals surface area (Å²) in [5.41, 5.74) is 2.16. The van der Waals surface area contributed by atoms with Crippen molar-refractivity contribution in [2.24, 2.45) is 0 Å². The second kappa shape index (κ2) is 12.2. The number of halogens is 3. The van der Waals surface area contributed by atoms with Gasteiger partial charge in [-0.2, -0.15) is 0 Å². The summed E-state index contributed by atoms with van der Waals surface area (Å²) in [4.78, 5) is 38.4. The molecule has 0 aromatic heterocycles. The second-order valence-corrected chi connectivity index (χ2v) is 9.85. The summed E-state index contributed by atoms with van der Waals surface area (Å²) in [7, 11) is 0. The van der Waals surface area contributed by atoms with Crippen LogP contribution < -0.4 is 5.32 Å². The highest BCUT2D eigenvalue weighted by atomic mass is 79.9. The van der Waals surface area contributed by atoms with E-state index in [1.807, 2.05) is 36.4 Å². The van der Waals surface area contributed by atoms with Crippen LogP contribution in [0.1, 0.15) is 41.5 Å². The molecule has 186 valence electrons. The lowest BCUT2D eigenvalue weighted by molar-refractivity contribution is 0.0282. The average molecular weight is 597 g/mol. The van der Waals surface area contributed by atoms with Crippen molar-refractivity contribution in [1.29, 1.82) is 0 Å². The van der Waals surface area contributed by atoms with Crippen molar-refractivity contribution in [2.45, 2.75) is 10.9 Å². The number of hydrogen-bond donors (Lipinski definition) is 1. The number of hydrogen-bond acceptors (Lipinski definition) is 4. The van der Waals surface area contributed by atoms with Crippen molar-refractivity contribution < 1.29 is 19.1 Å². The van der Waals surface area contributed by atoms with Gasteiger partial charge in [0, 0.05) is 16.3 Å². The molecular weight excluding hydrogens is 577 g/mol. The molecule has 0 aliphatic heterocycles. The van der Waals surface area contributed by atoms with Gasteiger partial charge in [-0.15, -0.1) is 0 Å². The van der Waals surface area contributed by atoms with Crippen LogP contribution in [0.25, 0.3) is 0 Å². The molecule has 0 saturated carbocycles. The fourth-order valence-electron chi connectivity index (χ4n) is 3.57. The zero-order valence-electron chi connectivity index (χ0n) is 19.2. The van der Waals surface area contributed by atoms with Crippen LogP contribution in [-0.4, -0.2) is 23.8 Å². The maximum atomic E-state index is 13.3. The fraction of sp³-hybridized carbons (Fsp3) is 0.0690. The lowest BCUT2D eigenvalue weighted by Crippen LogP contribution is -2.31. The third kappa shape index (κ3) is 6.66. The number of ketones is 1. The Labute approximate surface area is 232 Å². The number of rotatable bonds is 8. The van der Waals surface area contributed by atoms with Gasteiger partial charge in [0.05, 0.1) is 21.0 Å². The first-order chi connectivity index (χ1) is 17.8.